The quantitative estimate of drug-likeness (QED) is 0.729. The molecule has 1 aromatic carbocycles. The Labute approximate surface area is 99.4 Å². The van der Waals surface area contributed by atoms with Gasteiger partial charge in [0.05, 0.1) is 25.9 Å². The van der Waals surface area contributed by atoms with E-state index in [0.29, 0.717) is 6.61 Å². The van der Waals surface area contributed by atoms with Crippen LogP contribution in [0, 0.1) is 0 Å². The summed E-state index contributed by atoms with van der Waals surface area (Å²) in [5.74, 6) is 0. The normalized spacial score (nSPS) is 17.1. The Bertz CT molecular complexity index is 548. The number of H-pyrrole nitrogens is 1. The number of fused-ring (bicyclic) bond motifs is 3. The average Bonchev–Trinajstić information content (AvgIpc) is 2.75. The van der Waals surface area contributed by atoms with Crippen molar-refractivity contribution in [1.82, 2.24) is 4.98 Å². The first kappa shape index (κ1) is 10.8. The van der Waals surface area contributed by atoms with Gasteiger partial charge >= 0.3 is 0 Å². The second-order valence-corrected chi connectivity index (χ2v) is 4.48. The highest BCUT2D eigenvalue weighted by atomic mass is 16.5. The van der Waals surface area contributed by atoms with E-state index < -0.39 is 0 Å². The molecule has 0 amide bonds. The third kappa shape index (κ3) is 1.74. The molecule has 1 aromatic heterocycles. The molecule has 0 fully saturated rings. The minimum Gasteiger partial charge on any atom is -0.394 e. The summed E-state index contributed by atoms with van der Waals surface area (Å²) in [5.41, 5.74) is 10.4. The number of nitrogens with one attached hydrogen (secondary N) is 1. The zero-order chi connectivity index (χ0) is 11.8. The number of aromatic amines is 1. The van der Waals surface area contributed by atoms with Crippen molar-refractivity contribution in [2.45, 2.75) is 19.1 Å². The van der Waals surface area contributed by atoms with Gasteiger partial charge in [-0.25, -0.2) is 0 Å². The number of aliphatic hydroxyl groups is 1. The highest BCUT2D eigenvalue weighted by molar-refractivity contribution is 5.85. The van der Waals surface area contributed by atoms with E-state index in [-0.39, 0.29) is 12.6 Å². The van der Waals surface area contributed by atoms with Crippen molar-refractivity contribution in [3.8, 4) is 0 Å². The van der Waals surface area contributed by atoms with Crippen LogP contribution in [0.4, 0.5) is 0 Å². The number of nitrogens with two attached hydrogens (primary N) is 1. The van der Waals surface area contributed by atoms with E-state index in [0.717, 1.165) is 24.1 Å². The van der Waals surface area contributed by atoms with Gasteiger partial charge in [-0.2, -0.15) is 0 Å². The number of hydrogen-bond donors (Lipinski definition) is 3. The number of ether oxygens (including phenoxy) is 1. The molecular formula is C13H16N2O2. The van der Waals surface area contributed by atoms with Gasteiger partial charge in [0.25, 0.3) is 0 Å². The van der Waals surface area contributed by atoms with Crippen molar-refractivity contribution < 1.29 is 9.84 Å². The number of rotatable bonds is 2. The Hall–Kier alpha value is -1.36. The Morgan fingerprint density at radius 2 is 2.35 bits per heavy atom. The Balaban J connectivity index is 2.14. The van der Waals surface area contributed by atoms with Crippen molar-refractivity contribution in [2.24, 2.45) is 5.73 Å². The summed E-state index contributed by atoms with van der Waals surface area (Å²) in [6.07, 6.45) is 0.936. The van der Waals surface area contributed by atoms with Crippen LogP contribution in [0.15, 0.2) is 18.2 Å². The monoisotopic (exact) mass is 232 g/mol. The van der Waals surface area contributed by atoms with Gasteiger partial charge < -0.3 is 20.6 Å². The fraction of sp³-hybridized carbons (Fsp3) is 0.385. The van der Waals surface area contributed by atoms with Crippen LogP contribution in [0.2, 0.25) is 0 Å². The summed E-state index contributed by atoms with van der Waals surface area (Å²) in [6.45, 7) is 1.41. The lowest BCUT2D eigenvalue weighted by Gasteiger charge is -2.12. The van der Waals surface area contributed by atoms with Crippen molar-refractivity contribution in [3.05, 3.63) is 35.0 Å². The first-order valence-corrected chi connectivity index (χ1v) is 5.87. The second kappa shape index (κ2) is 4.14. The molecule has 2 aromatic rings. The summed E-state index contributed by atoms with van der Waals surface area (Å²) >= 11 is 0. The van der Waals surface area contributed by atoms with E-state index >= 15 is 0 Å². The maximum atomic E-state index is 9.09. The van der Waals surface area contributed by atoms with E-state index in [4.69, 9.17) is 15.6 Å². The molecule has 4 nitrogen and oxygen atoms in total. The molecule has 0 bridgehead atoms. The molecule has 0 spiro atoms. The van der Waals surface area contributed by atoms with Crippen LogP contribution in [-0.4, -0.2) is 23.3 Å². The largest absolute Gasteiger partial charge is 0.394 e. The molecule has 1 unspecified atom stereocenters. The summed E-state index contributed by atoms with van der Waals surface area (Å²) in [4.78, 5) is 3.42. The molecule has 1 aliphatic heterocycles. The van der Waals surface area contributed by atoms with Crippen LogP contribution >= 0.6 is 0 Å². The predicted molar refractivity (Wildman–Crippen MR) is 65.7 cm³/mol. The molecule has 17 heavy (non-hydrogen) atoms. The van der Waals surface area contributed by atoms with Gasteiger partial charge in [0, 0.05) is 28.6 Å². The van der Waals surface area contributed by atoms with Crippen LogP contribution in [0.25, 0.3) is 10.9 Å². The number of aromatic nitrogens is 1. The lowest BCUT2D eigenvalue weighted by atomic mass is 10.0. The summed E-state index contributed by atoms with van der Waals surface area (Å²) in [5, 5.41) is 10.3. The Kier molecular flexibility index (Phi) is 2.63. The van der Waals surface area contributed by atoms with Crippen LogP contribution in [0.5, 0.6) is 0 Å². The summed E-state index contributed by atoms with van der Waals surface area (Å²) in [6, 6.07) is 5.74. The first-order chi connectivity index (χ1) is 8.29. The molecule has 4 N–H and O–H groups in total. The highest BCUT2D eigenvalue weighted by Crippen LogP contribution is 2.28. The highest BCUT2D eigenvalue weighted by Gasteiger charge is 2.16. The predicted octanol–water partition coefficient (Wildman–Crippen LogP) is 1.23. The minimum absolute atomic E-state index is 0.0331. The van der Waals surface area contributed by atoms with Gasteiger partial charge in [-0.15, -0.1) is 0 Å². The summed E-state index contributed by atoms with van der Waals surface area (Å²) in [7, 11) is 0. The fourth-order valence-corrected chi connectivity index (χ4v) is 2.38. The van der Waals surface area contributed by atoms with Crippen LogP contribution in [0.3, 0.4) is 0 Å². The first-order valence-electron chi connectivity index (χ1n) is 5.87. The van der Waals surface area contributed by atoms with Crippen LogP contribution < -0.4 is 5.73 Å². The van der Waals surface area contributed by atoms with Crippen molar-refractivity contribution in [2.75, 3.05) is 13.2 Å². The van der Waals surface area contributed by atoms with Crippen molar-refractivity contribution in [1.29, 1.82) is 0 Å². The maximum Gasteiger partial charge on any atom is 0.0740 e. The molecule has 0 aliphatic carbocycles. The minimum atomic E-state index is -0.311. The van der Waals surface area contributed by atoms with Gasteiger partial charge in [-0.1, -0.05) is 6.07 Å². The molecule has 1 aliphatic rings. The van der Waals surface area contributed by atoms with E-state index in [1.807, 2.05) is 12.1 Å². The molecular weight excluding hydrogens is 216 g/mol. The van der Waals surface area contributed by atoms with Gasteiger partial charge in [-0.3, -0.25) is 0 Å². The van der Waals surface area contributed by atoms with E-state index in [9.17, 15) is 0 Å². The van der Waals surface area contributed by atoms with E-state index in [1.54, 1.807) is 0 Å². The Morgan fingerprint density at radius 1 is 1.47 bits per heavy atom. The van der Waals surface area contributed by atoms with Crippen LogP contribution in [-0.2, 0) is 17.8 Å². The maximum absolute atomic E-state index is 9.09. The van der Waals surface area contributed by atoms with E-state index in [2.05, 4.69) is 11.1 Å². The van der Waals surface area contributed by atoms with Gasteiger partial charge in [-0.05, 0) is 17.7 Å². The second-order valence-electron chi connectivity index (χ2n) is 4.48. The molecule has 0 saturated carbocycles. The molecule has 2 heterocycles. The van der Waals surface area contributed by atoms with E-state index in [1.165, 1.54) is 16.6 Å². The molecule has 3 rings (SSSR count). The smallest absolute Gasteiger partial charge is 0.0740 e. The lowest BCUT2D eigenvalue weighted by molar-refractivity contribution is 0.111. The SMILES string of the molecule is NC(CO)c1ccc2[nH]c3c(c2c1)COCC3. The zero-order valence-corrected chi connectivity index (χ0v) is 9.57. The third-order valence-electron chi connectivity index (χ3n) is 3.39. The molecule has 0 radical (unpaired) electrons. The lowest BCUT2D eigenvalue weighted by Crippen LogP contribution is -2.14. The van der Waals surface area contributed by atoms with Gasteiger partial charge in [0.15, 0.2) is 0 Å². The number of hydrogen-bond acceptors (Lipinski definition) is 3. The fourth-order valence-electron chi connectivity index (χ4n) is 2.38. The molecule has 0 saturated heterocycles. The number of aliphatic hydroxyl groups excluding tert-OH is 1. The summed E-state index contributed by atoms with van der Waals surface area (Å²) < 4.78 is 5.49. The van der Waals surface area contributed by atoms with Gasteiger partial charge in [0.2, 0.25) is 0 Å². The molecule has 4 heteroatoms. The average molecular weight is 232 g/mol. The van der Waals surface area contributed by atoms with Crippen molar-refractivity contribution in [3.63, 3.8) is 0 Å². The molecule has 90 valence electrons. The Morgan fingerprint density at radius 3 is 3.18 bits per heavy atom. The third-order valence-corrected chi connectivity index (χ3v) is 3.39. The van der Waals surface area contributed by atoms with Crippen molar-refractivity contribution >= 4 is 10.9 Å². The molecule has 1 atom stereocenters. The number of benzene rings is 1. The van der Waals surface area contributed by atoms with Crippen LogP contribution in [0.1, 0.15) is 22.9 Å². The topological polar surface area (TPSA) is 71.3 Å². The standard InChI is InChI=1S/C13H16N2O2/c14-11(6-16)8-1-2-12-9(5-8)10-7-17-4-3-13(10)15-12/h1-2,5,11,15-16H,3-4,6-7,14H2. The zero-order valence-electron chi connectivity index (χ0n) is 9.57. The van der Waals surface area contributed by atoms with Gasteiger partial charge in [0.1, 0.15) is 0 Å².